The summed E-state index contributed by atoms with van der Waals surface area (Å²) in [4.78, 5) is 0.196. The maximum Gasteiger partial charge on any atom is 0.243 e. The van der Waals surface area contributed by atoms with Crippen molar-refractivity contribution in [3.63, 3.8) is 0 Å². The maximum absolute atomic E-state index is 13.9. The van der Waals surface area contributed by atoms with Gasteiger partial charge in [0.25, 0.3) is 0 Å². The van der Waals surface area contributed by atoms with Crippen LogP contribution in [0.3, 0.4) is 0 Å². The van der Waals surface area contributed by atoms with E-state index in [1.165, 1.54) is 29.6 Å². The number of methoxy groups -OCH3 is 1. The molecule has 1 aliphatic rings. The van der Waals surface area contributed by atoms with Crippen LogP contribution in [0, 0.1) is 5.82 Å². The van der Waals surface area contributed by atoms with Gasteiger partial charge in [0, 0.05) is 18.2 Å². The van der Waals surface area contributed by atoms with Crippen molar-refractivity contribution >= 4 is 10.0 Å². The molecule has 0 aliphatic heterocycles. The molecule has 23 heavy (non-hydrogen) atoms. The average Bonchev–Trinajstić information content (AvgIpc) is 3.38. The van der Waals surface area contributed by atoms with E-state index in [-0.39, 0.29) is 23.3 Å². The van der Waals surface area contributed by atoms with E-state index in [2.05, 4.69) is 0 Å². The monoisotopic (exact) mass is 335 g/mol. The Bertz CT molecular complexity index is 786. The molecule has 3 rings (SSSR count). The fourth-order valence-electron chi connectivity index (χ4n) is 2.45. The molecule has 6 heteroatoms. The van der Waals surface area contributed by atoms with Crippen LogP contribution in [-0.2, 0) is 16.6 Å². The van der Waals surface area contributed by atoms with Crippen LogP contribution in [0.1, 0.15) is 18.4 Å². The van der Waals surface area contributed by atoms with Crippen LogP contribution in [0.15, 0.2) is 53.4 Å². The van der Waals surface area contributed by atoms with Gasteiger partial charge in [-0.15, -0.1) is 0 Å². The first kappa shape index (κ1) is 16.0. The van der Waals surface area contributed by atoms with Crippen LogP contribution < -0.4 is 4.74 Å². The molecular weight excluding hydrogens is 317 g/mol. The Morgan fingerprint density at radius 2 is 1.78 bits per heavy atom. The number of halogens is 1. The molecule has 122 valence electrons. The summed E-state index contributed by atoms with van der Waals surface area (Å²) < 4.78 is 46.1. The van der Waals surface area contributed by atoms with Gasteiger partial charge in [0.05, 0.1) is 12.0 Å². The summed E-state index contributed by atoms with van der Waals surface area (Å²) in [6.45, 7) is 0.0473. The molecule has 0 aromatic heterocycles. The number of rotatable bonds is 6. The molecule has 1 fully saturated rings. The normalized spacial score (nSPS) is 14.9. The van der Waals surface area contributed by atoms with E-state index in [0.29, 0.717) is 11.3 Å². The number of sulfonamides is 1. The Labute approximate surface area is 135 Å². The Hall–Kier alpha value is -1.92. The first-order chi connectivity index (χ1) is 11.0. The molecule has 0 N–H and O–H groups in total. The van der Waals surface area contributed by atoms with Crippen molar-refractivity contribution < 1.29 is 17.5 Å². The Morgan fingerprint density at radius 3 is 2.35 bits per heavy atom. The van der Waals surface area contributed by atoms with Crippen LogP contribution in [-0.4, -0.2) is 25.9 Å². The smallest absolute Gasteiger partial charge is 0.243 e. The molecule has 0 heterocycles. The Balaban J connectivity index is 1.92. The third-order valence-corrected chi connectivity index (χ3v) is 5.82. The number of benzene rings is 2. The fourth-order valence-corrected chi connectivity index (χ4v) is 4.11. The van der Waals surface area contributed by atoms with Gasteiger partial charge in [-0.25, -0.2) is 12.8 Å². The van der Waals surface area contributed by atoms with E-state index in [4.69, 9.17) is 4.74 Å². The second-order valence-corrected chi connectivity index (χ2v) is 7.44. The van der Waals surface area contributed by atoms with E-state index in [9.17, 15) is 12.8 Å². The Kier molecular flexibility index (Phi) is 4.37. The van der Waals surface area contributed by atoms with Gasteiger partial charge in [-0.3, -0.25) is 0 Å². The molecular formula is C17H18FNO3S. The molecule has 0 bridgehead atoms. The van der Waals surface area contributed by atoms with Crippen molar-refractivity contribution in [1.82, 2.24) is 4.31 Å². The summed E-state index contributed by atoms with van der Waals surface area (Å²) >= 11 is 0. The van der Waals surface area contributed by atoms with Gasteiger partial charge in [-0.2, -0.15) is 4.31 Å². The zero-order valence-corrected chi connectivity index (χ0v) is 13.6. The molecule has 0 radical (unpaired) electrons. The second-order valence-electron chi connectivity index (χ2n) is 5.55. The topological polar surface area (TPSA) is 46.6 Å². The lowest BCUT2D eigenvalue weighted by Gasteiger charge is -2.22. The van der Waals surface area contributed by atoms with Crippen molar-refractivity contribution in [2.45, 2.75) is 30.3 Å². The molecule has 2 aromatic rings. The lowest BCUT2D eigenvalue weighted by atomic mass is 10.2. The zero-order valence-electron chi connectivity index (χ0n) is 12.8. The molecule has 1 saturated carbocycles. The highest BCUT2D eigenvalue weighted by atomic mass is 32.2. The number of hydrogen-bond acceptors (Lipinski definition) is 3. The highest BCUT2D eigenvalue weighted by Gasteiger charge is 2.38. The fraction of sp³-hybridized carbons (Fsp3) is 0.294. The summed E-state index contributed by atoms with van der Waals surface area (Å²) in [6.07, 6.45) is 1.62. The van der Waals surface area contributed by atoms with Crippen molar-refractivity contribution in [3.8, 4) is 5.75 Å². The minimum atomic E-state index is -3.67. The average molecular weight is 335 g/mol. The van der Waals surface area contributed by atoms with Crippen LogP contribution >= 0.6 is 0 Å². The van der Waals surface area contributed by atoms with Crippen LogP contribution in [0.4, 0.5) is 4.39 Å². The lowest BCUT2D eigenvalue weighted by molar-refractivity contribution is 0.391. The van der Waals surface area contributed by atoms with E-state index in [1.807, 2.05) is 0 Å². The summed E-state index contributed by atoms with van der Waals surface area (Å²) in [5, 5.41) is 0. The molecule has 2 aromatic carbocycles. The molecule has 0 atom stereocenters. The lowest BCUT2D eigenvalue weighted by Crippen LogP contribution is -2.33. The van der Waals surface area contributed by atoms with E-state index in [1.54, 1.807) is 30.3 Å². The molecule has 4 nitrogen and oxygen atoms in total. The number of hydrogen-bond donors (Lipinski definition) is 0. The van der Waals surface area contributed by atoms with Gasteiger partial charge in [0.1, 0.15) is 11.6 Å². The number of ether oxygens (including phenoxy) is 1. The van der Waals surface area contributed by atoms with Gasteiger partial charge in [0.15, 0.2) is 0 Å². The van der Waals surface area contributed by atoms with E-state index < -0.39 is 10.0 Å². The summed E-state index contributed by atoms with van der Waals surface area (Å²) in [5.41, 5.74) is 0.386. The van der Waals surface area contributed by atoms with E-state index >= 15 is 0 Å². The van der Waals surface area contributed by atoms with Crippen molar-refractivity contribution in [1.29, 1.82) is 0 Å². The summed E-state index contributed by atoms with van der Waals surface area (Å²) in [6, 6.07) is 12.5. The minimum Gasteiger partial charge on any atom is -0.497 e. The third-order valence-electron chi connectivity index (χ3n) is 3.90. The predicted molar refractivity (Wildman–Crippen MR) is 85.1 cm³/mol. The van der Waals surface area contributed by atoms with Crippen LogP contribution in [0.5, 0.6) is 5.75 Å². The quantitative estimate of drug-likeness (QED) is 0.814. The van der Waals surface area contributed by atoms with Gasteiger partial charge in [0.2, 0.25) is 10.0 Å². The van der Waals surface area contributed by atoms with Gasteiger partial charge in [-0.05, 0) is 43.2 Å². The first-order valence-corrected chi connectivity index (χ1v) is 8.85. The predicted octanol–water partition coefficient (Wildman–Crippen LogP) is 3.19. The van der Waals surface area contributed by atoms with Crippen molar-refractivity contribution in [2.24, 2.45) is 0 Å². The zero-order chi connectivity index (χ0) is 16.4. The largest absolute Gasteiger partial charge is 0.497 e. The summed E-state index contributed by atoms with van der Waals surface area (Å²) in [7, 11) is -2.14. The first-order valence-electron chi connectivity index (χ1n) is 7.41. The molecule has 0 unspecified atom stereocenters. The minimum absolute atomic E-state index is 0.0473. The molecule has 0 saturated heterocycles. The van der Waals surface area contributed by atoms with Crippen LogP contribution in [0.25, 0.3) is 0 Å². The van der Waals surface area contributed by atoms with Gasteiger partial charge < -0.3 is 4.74 Å². The highest BCUT2D eigenvalue weighted by molar-refractivity contribution is 7.89. The Morgan fingerprint density at radius 1 is 1.13 bits per heavy atom. The maximum atomic E-state index is 13.9. The second kappa shape index (κ2) is 6.29. The third kappa shape index (κ3) is 3.38. The highest BCUT2D eigenvalue weighted by Crippen LogP contribution is 2.34. The summed E-state index contributed by atoms with van der Waals surface area (Å²) in [5.74, 6) is 0.208. The van der Waals surface area contributed by atoms with Gasteiger partial charge >= 0.3 is 0 Å². The molecule has 1 aliphatic carbocycles. The van der Waals surface area contributed by atoms with Crippen molar-refractivity contribution in [3.05, 3.63) is 59.9 Å². The van der Waals surface area contributed by atoms with Crippen LogP contribution in [0.2, 0.25) is 0 Å². The van der Waals surface area contributed by atoms with E-state index in [0.717, 1.165) is 12.8 Å². The van der Waals surface area contributed by atoms with Gasteiger partial charge in [-0.1, -0.05) is 18.2 Å². The SMILES string of the molecule is COc1ccc(S(=O)(=O)N(Cc2ccccc2F)C2CC2)cc1. The molecule has 0 amide bonds. The standard InChI is InChI=1S/C17H18FNO3S/c1-22-15-8-10-16(11-9-15)23(20,21)19(14-6-7-14)12-13-4-2-3-5-17(13)18/h2-5,8-11,14H,6-7,12H2,1H3. The number of nitrogens with zero attached hydrogens (tertiary/aromatic N) is 1. The molecule has 0 spiro atoms. The van der Waals surface area contributed by atoms with Crippen molar-refractivity contribution in [2.75, 3.05) is 7.11 Å².